The average Bonchev–Trinajstić information content (AvgIpc) is 2.71. The van der Waals surface area contributed by atoms with E-state index in [0.29, 0.717) is 16.8 Å². The zero-order chi connectivity index (χ0) is 10.7. The lowest BCUT2D eigenvalue weighted by Crippen LogP contribution is -2.14. The van der Waals surface area contributed by atoms with Gasteiger partial charge in [0, 0.05) is 6.04 Å². The molecule has 4 heteroatoms. The summed E-state index contributed by atoms with van der Waals surface area (Å²) in [7, 11) is 0. The Labute approximate surface area is 93.8 Å². The van der Waals surface area contributed by atoms with E-state index in [9.17, 15) is 4.91 Å². The van der Waals surface area contributed by atoms with Gasteiger partial charge in [0.2, 0.25) is 0 Å². The Bertz CT molecular complexity index is 362. The SMILES string of the molecule is O=Nc1c(Cl)cccc1NC1CCCC1. The summed E-state index contributed by atoms with van der Waals surface area (Å²) in [5.74, 6) is 0. The number of rotatable bonds is 3. The number of hydrogen-bond donors (Lipinski definition) is 1. The lowest BCUT2D eigenvalue weighted by Gasteiger charge is -2.14. The van der Waals surface area contributed by atoms with Crippen LogP contribution in [0.1, 0.15) is 25.7 Å². The molecule has 2 rings (SSSR count). The van der Waals surface area contributed by atoms with E-state index in [1.165, 1.54) is 12.8 Å². The van der Waals surface area contributed by atoms with Gasteiger partial charge in [-0.1, -0.05) is 30.5 Å². The normalized spacial score (nSPS) is 16.6. The number of halogens is 1. The fourth-order valence-corrected chi connectivity index (χ4v) is 2.22. The largest absolute Gasteiger partial charge is 0.380 e. The first-order chi connectivity index (χ1) is 7.31. The molecule has 0 spiro atoms. The van der Waals surface area contributed by atoms with Crippen molar-refractivity contribution in [3.63, 3.8) is 0 Å². The Balaban J connectivity index is 2.19. The van der Waals surface area contributed by atoms with Crippen molar-refractivity contribution in [2.24, 2.45) is 5.18 Å². The van der Waals surface area contributed by atoms with E-state index < -0.39 is 0 Å². The molecule has 0 atom stereocenters. The molecular formula is C11H13ClN2O. The van der Waals surface area contributed by atoms with Crippen LogP contribution in [0.5, 0.6) is 0 Å². The van der Waals surface area contributed by atoms with Gasteiger partial charge in [0.15, 0.2) is 0 Å². The van der Waals surface area contributed by atoms with Crippen molar-refractivity contribution in [3.05, 3.63) is 28.1 Å². The smallest absolute Gasteiger partial charge is 0.149 e. The third-order valence-electron chi connectivity index (χ3n) is 2.79. The quantitative estimate of drug-likeness (QED) is 0.786. The summed E-state index contributed by atoms with van der Waals surface area (Å²) in [6.45, 7) is 0. The van der Waals surface area contributed by atoms with Gasteiger partial charge in [0.25, 0.3) is 0 Å². The van der Waals surface area contributed by atoms with E-state index in [1.807, 2.05) is 12.1 Å². The van der Waals surface area contributed by atoms with Crippen LogP contribution in [0.4, 0.5) is 11.4 Å². The Morgan fingerprint density at radius 1 is 1.33 bits per heavy atom. The Morgan fingerprint density at radius 2 is 2.07 bits per heavy atom. The van der Waals surface area contributed by atoms with Gasteiger partial charge in [-0.25, -0.2) is 0 Å². The summed E-state index contributed by atoms with van der Waals surface area (Å²) in [5.41, 5.74) is 1.08. The van der Waals surface area contributed by atoms with Crippen LogP contribution in [0.15, 0.2) is 23.4 Å². The van der Waals surface area contributed by atoms with Gasteiger partial charge < -0.3 is 5.32 Å². The lowest BCUT2D eigenvalue weighted by atomic mass is 10.2. The summed E-state index contributed by atoms with van der Waals surface area (Å²) in [6.07, 6.45) is 4.82. The van der Waals surface area contributed by atoms with Gasteiger partial charge >= 0.3 is 0 Å². The van der Waals surface area contributed by atoms with Crippen LogP contribution in [0.3, 0.4) is 0 Å². The van der Waals surface area contributed by atoms with Crippen molar-refractivity contribution in [1.82, 2.24) is 0 Å². The van der Waals surface area contributed by atoms with E-state index in [1.54, 1.807) is 6.07 Å². The first-order valence-electron chi connectivity index (χ1n) is 5.19. The number of nitroso groups, excluding NO2 is 1. The second-order valence-electron chi connectivity index (χ2n) is 3.85. The molecule has 1 N–H and O–H groups in total. The minimum atomic E-state index is 0.325. The second-order valence-corrected chi connectivity index (χ2v) is 4.26. The summed E-state index contributed by atoms with van der Waals surface area (Å²) >= 11 is 5.88. The zero-order valence-corrected chi connectivity index (χ0v) is 9.13. The molecule has 1 fully saturated rings. The maximum absolute atomic E-state index is 10.6. The van der Waals surface area contributed by atoms with Gasteiger partial charge in [-0.2, -0.15) is 0 Å². The van der Waals surface area contributed by atoms with Gasteiger partial charge in [-0.3, -0.25) is 0 Å². The van der Waals surface area contributed by atoms with Crippen molar-refractivity contribution >= 4 is 23.0 Å². The van der Waals surface area contributed by atoms with Gasteiger partial charge in [-0.15, -0.1) is 4.91 Å². The topological polar surface area (TPSA) is 41.5 Å². The highest BCUT2D eigenvalue weighted by Crippen LogP contribution is 2.34. The van der Waals surface area contributed by atoms with E-state index >= 15 is 0 Å². The number of benzene rings is 1. The predicted molar refractivity (Wildman–Crippen MR) is 62.8 cm³/mol. The fourth-order valence-electron chi connectivity index (χ4n) is 2.01. The Morgan fingerprint density at radius 3 is 2.73 bits per heavy atom. The first kappa shape index (κ1) is 10.4. The third kappa shape index (κ3) is 2.29. The monoisotopic (exact) mass is 224 g/mol. The zero-order valence-electron chi connectivity index (χ0n) is 8.37. The van der Waals surface area contributed by atoms with Crippen LogP contribution in [0, 0.1) is 4.91 Å². The molecule has 0 radical (unpaired) electrons. The molecule has 80 valence electrons. The third-order valence-corrected chi connectivity index (χ3v) is 3.10. The molecule has 0 saturated heterocycles. The number of nitrogens with one attached hydrogen (secondary N) is 1. The highest BCUT2D eigenvalue weighted by molar-refractivity contribution is 6.33. The van der Waals surface area contributed by atoms with Crippen molar-refractivity contribution in [2.75, 3.05) is 5.32 Å². The molecule has 0 unspecified atom stereocenters. The van der Waals surface area contributed by atoms with Crippen molar-refractivity contribution < 1.29 is 0 Å². The molecule has 15 heavy (non-hydrogen) atoms. The first-order valence-corrected chi connectivity index (χ1v) is 5.57. The molecule has 0 amide bonds. The van der Waals surface area contributed by atoms with Crippen LogP contribution in [-0.2, 0) is 0 Å². The molecule has 0 aromatic heterocycles. The van der Waals surface area contributed by atoms with Crippen LogP contribution in [0.2, 0.25) is 5.02 Å². The molecule has 0 aliphatic heterocycles. The van der Waals surface area contributed by atoms with E-state index in [2.05, 4.69) is 10.5 Å². The lowest BCUT2D eigenvalue weighted by molar-refractivity contribution is 0.755. The highest BCUT2D eigenvalue weighted by Gasteiger charge is 2.16. The number of anilines is 1. The van der Waals surface area contributed by atoms with Crippen molar-refractivity contribution in [1.29, 1.82) is 0 Å². The van der Waals surface area contributed by atoms with Gasteiger partial charge in [0.05, 0.1) is 10.7 Å². The number of nitrogens with zero attached hydrogens (tertiary/aromatic N) is 1. The standard InChI is InChI=1S/C11H13ClN2O/c12-9-6-3-7-10(11(9)14-15)13-8-4-1-2-5-8/h3,6-8,13H,1-2,4-5H2. The predicted octanol–water partition coefficient (Wildman–Crippen LogP) is 4.09. The van der Waals surface area contributed by atoms with E-state index in [-0.39, 0.29) is 0 Å². The molecule has 1 aromatic carbocycles. The Kier molecular flexibility index (Phi) is 3.21. The van der Waals surface area contributed by atoms with Crippen LogP contribution in [0.25, 0.3) is 0 Å². The molecule has 0 heterocycles. The Hall–Kier alpha value is -1.09. The maximum atomic E-state index is 10.6. The van der Waals surface area contributed by atoms with Gasteiger partial charge in [0.1, 0.15) is 5.69 Å². The van der Waals surface area contributed by atoms with Crippen LogP contribution < -0.4 is 5.32 Å². The van der Waals surface area contributed by atoms with Gasteiger partial charge in [-0.05, 0) is 30.2 Å². The van der Waals surface area contributed by atoms with Crippen molar-refractivity contribution in [2.45, 2.75) is 31.7 Å². The van der Waals surface area contributed by atoms with Crippen LogP contribution >= 0.6 is 11.6 Å². The minimum absolute atomic E-state index is 0.325. The molecule has 1 aliphatic carbocycles. The molecule has 1 saturated carbocycles. The summed E-state index contributed by atoms with van der Waals surface area (Å²) in [6, 6.07) is 5.82. The maximum Gasteiger partial charge on any atom is 0.149 e. The molecular weight excluding hydrogens is 212 g/mol. The van der Waals surface area contributed by atoms with E-state index in [4.69, 9.17) is 11.6 Å². The minimum Gasteiger partial charge on any atom is -0.380 e. The summed E-state index contributed by atoms with van der Waals surface area (Å²) < 4.78 is 0. The number of hydrogen-bond acceptors (Lipinski definition) is 3. The highest BCUT2D eigenvalue weighted by atomic mass is 35.5. The second kappa shape index (κ2) is 4.62. The fraction of sp³-hybridized carbons (Fsp3) is 0.455. The molecule has 1 aliphatic rings. The van der Waals surface area contributed by atoms with Crippen molar-refractivity contribution in [3.8, 4) is 0 Å². The molecule has 0 bridgehead atoms. The molecule has 1 aromatic rings. The summed E-state index contributed by atoms with van der Waals surface area (Å²) in [5, 5.41) is 6.70. The van der Waals surface area contributed by atoms with Crippen LogP contribution in [-0.4, -0.2) is 6.04 Å². The molecule has 3 nitrogen and oxygen atoms in total. The van der Waals surface area contributed by atoms with E-state index in [0.717, 1.165) is 18.5 Å². The summed E-state index contributed by atoms with van der Waals surface area (Å²) in [4.78, 5) is 10.6. The average molecular weight is 225 g/mol.